The summed E-state index contributed by atoms with van der Waals surface area (Å²) in [6.07, 6.45) is 0.519. The molecule has 0 radical (unpaired) electrons. The number of aliphatic imine (C=N–C) groups is 1. The first-order valence-corrected chi connectivity index (χ1v) is 8.16. The van der Waals surface area contributed by atoms with Gasteiger partial charge < -0.3 is 29.4 Å². The molecule has 0 saturated carbocycles. The lowest BCUT2D eigenvalue weighted by atomic mass is 10.1. The van der Waals surface area contributed by atoms with Gasteiger partial charge in [-0.1, -0.05) is 5.16 Å². The Morgan fingerprint density at radius 3 is 2.74 bits per heavy atom. The molecule has 11 heteroatoms. The molecule has 1 aliphatic rings. The highest BCUT2D eigenvalue weighted by Gasteiger charge is 2.20. The van der Waals surface area contributed by atoms with E-state index >= 15 is 0 Å². The Morgan fingerprint density at radius 2 is 2.07 bits per heavy atom. The van der Waals surface area contributed by atoms with E-state index in [4.69, 9.17) is 14.0 Å². The maximum Gasteiger partial charge on any atom is 0.387 e. The maximum atomic E-state index is 12.7. The number of aromatic nitrogens is 2. The minimum absolute atomic E-state index is 0.0125. The Kier molecular flexibility index (Phi) is 5.89. The summed E-state index contributed by atoms with van der Waals surface area (Å²) >= 11 is 0. The van der Waals surface area contributed by atoms with Crippen molar-refractivity contribution in [2.75, 3.05) is 20.4 Å². The van der Waals surface area contributed by atoms with E-state index in [0.717, 1.165) is 0 Å². The van der Waals surface area contributed by atoms with E-state index in [9.17, 15) is 8.78 Å². The van der Waals surface area contributed by atoms with E-state index in [2.05, 4.69) is 30.5 Å². The van der Waals surface area contributed by atoms with Gasteiger partial charge in [0.2, 0.25) is 12.7 Å². The Hall–Kier alpha value is -3.11. The van der Waals surface area contributed by atoms with Crippen LogP contribution in [0.15, 0.2) is 21.6 Å². The zero-order valence-electron chi connectivity index (χ0n) is 14.8. The molecule has 1 aromatic carbocycles. The number of guanidine groups is 1. The van der Waals surface area contributed by atoms with Gasteiger partial charge in [-0.25, -0.2) is 0 Å². The first-order chi connectivity index (χ1) is 13.0. The molecule has 0 atom stereocenters. The summed E-state index contributed by atoms with van der Waals surface area (Å²) in [6, 6.07) is 2.99. The minimum atomic E-state index is -2.94. The summed E-state index contributed by atoms with van der Waals surface area (Å²) < 4.78 is 45.4. The van der Waals surface area contributed by atoms with Crippen LogP contribution in [0.1, 0.15) is 17.3 Å². The second-order valence-corrected chi connectivity index (χ2v) is 5.53. The molecule has 0 fully saturated rings. The van der Waals surface area contributed by atoms with Crippen LogP contribution in [0.2, 0.25) is 0 Å². The molecule has 0 aliphatic carbocycles. The van der Waals surface area contributed by atoms with Gasteiger partial charge in [-0.2, -0.15) is 13.8 Å². The fourth-order valence-corrected chi connectivity index (χ4v) is 2.44. The summed E-state index contributed by atoms with van der Waals surface area (Å²) in [4.78, 5) is 8.19. The third kappa shape index (κ3) is 4.96. The summed E-state index contributed by atoms with van der Waals surface area (Å²) in [6.45, 7) is -0.468. The van der Waals surface area contributed by atoms with E-state index in [0.29, 0.717) is 47.7 Å². The molecule has 2 N–H and O–H groups in total. The van der Waals surface area contributed by atoms with Crippen LogP contribution in [-0.4, -0.2) is 43.1 Å². The molecule has 146 valence electrons. The predicted octanol–water partition coefficient (Wildman–Crippen LogP) is 1.62. The van der Waals surface area contributed by atoms with Crippen LogP contribution in [-0.2, 0) is 13.0 Å². The predicted molar refractivity (Wildman–Crippen MR) is 90.1 cm³/mol. The normalized spacial score (nSPS) is 13.1. The van der Waals surface area contributed by atoms with Crippen LogP contribution in [0.4, 0.5) is 8.78 Å². The SMILES string of the molecule is CN=C(NCCc1nc(C)no1)NCc1cc2c(cc1OC(F)F)OCO2. The number of fused-ring (bicyclic) bond motifs is 1. The van der Waals surface area contributed by atoms with Crippen molar-refractivity contribution >= 4 is 5.96 Å². The molecule has 9 nitrogen and oxygen atoms in total. The second kappa shape index (κ2) is 8.52. The number of ether oxygens (including phenoxy) is 3. The Bertz CT molecular complexity index is 812. The van der Waals surface area contributed by atoms with Gasteiger partial charge in [-0.15, -0.1) is 0 Å². The van der Waals surface area contributed by atoms with Crippen molar-refractivity contribution in [2.45, 2.75) is 26.5 Å². The van der Waals surface area contributed by atoms with Crippen LogP contribution < -0.4 is 24.8 Å². The average Bonchev–Trinajstić information content (AvgIpc) is 3.25. The minimum Gasteiger partial charge on any atom is -0.454 e. The topological polar surface area (TPSA) is 103 Å². The zero-order valence-corrected chi connectivity index (χ0v) is 14.8. The highest BCUT2D eigenvalue weighted by atomic mass is 19.3. The van der Waals surface area contributed by atoms with Crippen LogP contribution in [0.5, 0.6) is 17.2 Å². The number of hydrogen-bond donors (Lipinski definition) is 2. The van der Waals surface area contributed by atoms with Crippen molar-refractivity contribution in [1.82, 2.24) is 20.8 Å². The molecule has 3 rings (SSSR count). The number of halogens is 2. The Labute approximate surface area is 153 Å². The lowest BCUT2D eigenvalue weighted by molar-refractivity contribution is -0.0505. The van der Waals surface area contributed by atoms with Gasteiger partial charge in [0.05, 0.1) is 0 Å². The number of benzene rings is 1. The van der Waals surface area contributed by atoms with Crippen molar-refractivity contribution in [3.8, 4) is 17.2 Å². The fourth-order valence-electron chi connectivity index (χ4n) is 2.44. The molecule has 0 spiro atoms. The summed E-state index contributed by atoms with van der Waals surface area (Å²) in [5, 5.41) is 9.82. The first kappa shape index (κ1) is 18.7. The molecule has 1 aliphatic heterocycles. The molecule has 2 aromatic rings. The molecule has 2 heterocycles. The Balaban J connectivity index is 1.58. The van der Waals surface area contributed by atoms with Gasteiger partial charge in [0.1, 0.15) is 5.75 Å². The van der Waals surface area contributed by atoms with E-state index in [1.54, 1.807) is 20.0 Å². The van der Waals surface area contributed by atoms with Crippen molar-refractivity contribution < 1.29 is 27.5 Å². The van der Waals surface area contributed by atoms with Crippen LogP contribution in [0.25, 0.3) is 0 Å². The van der Waals surface area contributed by atoms with E-state index < -0.39 is 6.61 Å². The molecule has 27 heavy (non-hydrogen) atoms. The van der Waals surface area contributed by atoms with Gasteiger partial charge in [-0.3, -0.25) is 4.99 Å². The first-order valence-electron chi connectivity index (χ1n) is 8.16. The van der Waals surface area contributed by atoms with Gasteiger partial charge >= 0.3 is 6.61 Å². The summed E-state index contributed by atoms with van der Waals surface area (Å²) in [7, 11) is 1.60. The monoisotopic (exact) mass is 383 g/mol. The average molecular weight is 383 g/mol. The molecular weight excluding hydrogens is 364 g/mol. The highest BCUT2D eigenvalue weighted by molar-refractivity contribution is 5.79. The van der Waals surface area contributed by atoms with Crippen LogP contribution in [0.3, 0.4) is 0 Å². The number of nitrogens with zero attached hydrogens (tertiary/aromatic N) is 3. The van der Waals surface area contributed by atoms with Crippen molar-refractivity contribution in [3.05, 3.63) is 29.4 Å². The van der Waals surface area contributed by atoms with E-state index in [1.807, 2.05) is 0 Å². The lowest BCUT2D eigenvalue weighted by Crippen LogP contribution is -2.38. The summed E-state index contributed by atoms with van der Waals surface area (Å²) in [5.41, 5.74) is 0.482. The van der Waals surface area contributed by atoms with Gasteiger partial charge in [0.15, 0.2) is 23.3 Å². The quantitative estimate of drug-likeness (QED) is 0.549. The number of aryl methyl sites for hydroxylation is 1. The van der Waals surface area contributed by atoms with E-state index in [-0.39, 0.29) is 19.1 Å². The van der Waals surface area contributed by atoms with E-state index in [1.165, 1.54) is 6.07 Å². The number of hydrogen-bond acceptors (Lipinski definition) is 7. The second-order valence-electron chi connectivity index (χ2n) is 5.53. The third-order valence-corrected chi connectivity index (χ3v) is 3.64. The smallest absolute Gasteiger partial charge is 0.387 e. The van der Waals surface area contributed by atoms with Crippen molar-refractivity contribution in [1.29, 1.82) is 0 Å². The van der Waals surface area contributed by atoms with Crippen LogP contribution >= 0.6 is 0 Å². The highest BCUT2D eigenvalue weighted by Crippen LogP contribution is 2.38. The fraction of sp³-hybridized carbons (Fsp3) is 0.438. The van der Waals surface area contributed by atoms with Gasteiger partial charge in [0, 0.05) is 38.2 Å². The molecular formula is C16H19F2N5O4. The van der Waals surface area contributed by atoms with Crippen molar-refractivity contribution in [2.24, 2.45) is 4.99 Å². The van der Waals surface area contributed by atoms with Crippen molar-refractivity contribution in [3.63, 3.8) is 0 Å². The molecule has 0 unspecified atom stereocenters. The standard InChI is InChI=1S/C16H19F2N5O4/c1-9-22-14(27-23-9)3-4-20-16(19-2)21-7-10-5-12-13(25-8-24-12)6-11(10)26-15(17)18/h5-6,15H,3-4,7-8H2,1-2H3,(H2,19,20,21). The molecule has 0 amide bonds. The van der Waals surface area contributed by atoms with Crippen LogP contribution in [0, 0.1) is 6.92 Å². The maximum absolute atomic E-state index is 12.7. The molecule has 0 saturated heterocycles. The number of nitrogens with one attached hydrogen (secondary N) is 2. The lowest BCUT2D eigenvalue weighted by Gasteiger charge is -2.15. The van der Waals surface area contributed by atoms with Gasteiger partial charge in [-0.05, 0) is 13.0 Å². The Morgan fingerprint density at radius 1 is 1.30 bits per heavy atom. The number of rotatable bonds is 7. The number of alkyl halides is 2. The largest absolute Gasteiger partial charge is 0.454 e. The third-order valence-electron chi connectivity index (χ3n) is 3.64. The van der Waals surface area contributed by atoms with Gasteiger partial charge in [0.25, 0.3) is 0 Å². The summed E-state index contributed by atoms with van der Waals surface area (Å²) in [5.74, 6) is 2.42. The zero-order chi connectivity index (χ0) is 19.2. The molecule has 0 bridgehead atoms. The molecule has 1 aromatic heterocycles.